The molecule has 0 unspecified atom stereocenters. The zero-order valence-electron chi connectivity index (χ0n) is 7.93. The monoisotopic (exact) mass is 192 g/mol. The van der Waals surface area contributed by atoms with E-state index in [0.29, 0.717) is 5.41 Å². The maximum absolute atomic E-state index is 2.38. The molecule has 0 radical (unpaired) electrons. The Kier molecular flexibility index (Phi) is 4.38. The lowest BCUT2D eigenvalue weighted by Crippen LogP contribution is -2.30. The highest BCUT2D eigenvalue weighted by Crippen LogP contribution is 2.42. The summed E-state index contributed by atoms with van der Waals surface area (Å²) in [6.45, 7) is 4.52. The van der Waals surface area contributed by atoms with Gasteiger partial charge in [0.1, 0.15) is 0 Å². The van der Waals surface area contributed by atoms with Crippen LogP contribution in [-0.4, -0.2) is 0 Å². The van der Waals surface area contributed by atoms with Gasteiger partial charge in [-0.25, -0.2) is 0 Å². The number of benzene rings is 1. The maximum Gasteiger partial charge on any atom is -0.00752 e. The van der Waals surface area contributed by atoms with Crippen LogP contribution in [0.5, 0.6) is 0 Å². The van der Waals surface area contributed by atoms with Crippen molar-refractivity contribution in [3.8, 4) is 0 Å². The predicted octanol–water partition coefficient (Wildman–Crippen LogP) is 4.71. The van der Waals surface area contributed by atoms with Gasteiger partial charge >= 0.3 is 0 Å². The minimum atomic E-state index is 0. The second-order valence-electron chi connectivity index (χ2n) is 4.28. The van der Waals surface area contributed by atoms with Crippen molar-refractivity contribution in [1.29, 1.82) is 0 Å². The lowest BCUT2D eigenvalue weighted by Gasteiger charge is -2.39. The van der Waals surface area contributed by atoms with E-state index in [1.54, 1.807) is 0 Å². The minimum absolute atomic E-state index is 0. The third kappa shape index (κ3) is 2.17. The first-order chi connectivity index (χ1) is 5.71. The van der Waals surface area contributed by atoms with Crippen molar-refractivity contribution in [2.45, 2.75) is 53.4 Å². The van der Waals surface area contributed by atoms with E-state index in [1.807, 2.05) is 0 Å². The molecule has 0 heterocycles. The molecule has 80 valence electrons. The van der Waals surface area contributed by atoms with Gasteiger partial charge in [-0.15, -0.1) is 0 Å². The molecule has 1 fully saturated rings. The van der Waals surface area contributed by atoms with Crippen molar-refractivity contribution in [2.75, 3.05) is 0 Å². The third-order valence-corrected chi connectivity index (χ3v) is 3.21. The van der Waals surface area contributed by atoms with Gasteiger partial charge in [-0.2, -0.15) is 0 Å². The average molecular weight is 192 g/mol. The second-order valence-corrected chi connectivity index (χ2v) is 4.28. The fourth-order valence-electron chi connectivity index (χ4n) is 1.95. The molecule has 0 saturated heterocycles. The van der Waals surface area contributed by atoms with E-state index in [2.05, 4.69) is 38.1 Å². The molecule has 1 aliphatic rings. The Morgan fingerprint density at radius 3 is 1.86 bits per heavy atom. The zero-order chi connectivity index (χ0) is 8.60. The van der Waals surface area contributed by atoms with E-state index in [4.69, 9.17) is 0 Å². The summed E-state index contributed by atoms with van der Waals surface area (Å²) in [4.78, 5) is 0. The predicted molar refractivity (Wildman–Crippen MR) is 65.8 cm³/mol. The summed E-state index contributed by atoms with van der Waals surface area (Å²) >= 11 is 0. The van der Waals surface area contributed by atoms with Crippen LogP contribution < -0.4 is 0 Å². The number of hydrogen-bond donors (Lipinski definition) is 0. The maximum atomic E-state index is 2.38. The Labute approximate surface area is 89.4 Å². The molecule has 0 aliphatic heterocycles. The molecule has 0 nitrogen and oxygen atoms in total. The SMILES string of the molecule is C.C.Cc1ccc(C2(C)CCC2)cc1. The van der Waals surface area contributed by atoms with Gasteiger partial charge in [-0.3, -0.25) is 0 Å². The summed E-state index contributed by atoms with van der Waals surface area (Å²) in [5, 5.41) is 0. The van der Waals surface area contributed by atoms with Crippen LogP contribution in [0.4, 0.5) is 0 Å². The van der Waals surface area contributed by atoms with Crippen molar-refractivity contribution in [3.05, 3.63) is 35.4 Å². The minimum Gasteiger partial charge on any atom is -0.0776 e. The van der Waals surface area contributed by atoms with Crippen LogP contribution in [-0.2, 0) is 5.41 Å². The van der Waals surface area contributed by atoms with E-state index in [1.165, 1.54) is 30.4 Å². The fourth-order valence-corrected chi connectivity index (χ4v) is 1.95. The van der Waals surface area contributed by atoms with Crippen molar-refractivity contribution in [1.82, 2.24) is 0 Å². The number of rotatable bonds is 1. The molecular formula is C14H24. The van der Waals surface area contributed by atoms with Gasteiger partial charge in [0, 0.05) is 0 Å². The van der Waals surface area contributed by atoms with Gasteiger partial charge in [0.05, 0.1) is 0 Å². The van der Waals surface area contributed by atoms with E-state index in [-0.39, 0.29) is 14.9 Å². The molecule has 0 bridgehead atoms. The average Bonchev–Trinajstić information content (AvgIpc) is 2.02. The Balaban J connectivity index is 0.000000845. The van der Waals surface area contributed by atoms with Crippen LogP contribution in [0, 0.1) is 6.92 Å². The molecule has 14 heavy (non-hydrogen) atoms. The Hall–Kier alpha value is -0.780. The van der Waals surface area contributed by atoms with Crippen molar-refractivity contribution in [3.63, 3.8) is 0 Å². The summed E-state index contributed by atoms with van der Waals surface area (Å²) in [6.07, 6.45) is 4.15. The summed E-state index contributed by atoms with van der Waals surface area (Å²) in [6, 6.07) is 9.01. The second kappa shape index (κ2) is 4.63. The van der Waals surface area contributed by atoms with E-state index in [0.717, 1.165) is 0 Å². The molecule has 0 spiro atoms. The van der Waals surface area contributed by atoms with Crippen LogP contribution in [0.1, 0.15) is 52.2 Å². The van der Waals surface area contributed by atoms with Gasteiger partial charge in [-0.1, -0.05) is 58.0 Å². The third-order valence-electron chi connectivity index (χ3n) is 3.21. The van der Waals surface area contributed by atoms with Crippen LogP contribution in [0.15, 0.2) is 24.3 Å². The molecule has 1 aromatic rings. The molecule has 0 N–H and O–H groups in total. The number of hydrogen-bond acceptors (Lipinski definition) is 0. The molecule has 1 aromatic carbocycles. The zero-order valence-corrected chi connectivity index (χ0v) is 7.93. The largest absolute Gasteiger partial charge is 0.0776 e. The summed E-state index contributed by atoms with van der Waals surface area (Å²) in [5.41, 5.74) is 3.40. The van der Waals surface area contributed by atoms with E-state index in [9.17, 15) is 0 Å². The molecule has 0 heteroatoms. The standard InChI is InChI=1S/C12H16.2CH4/c1-10-4-6-11(7-5-10)12(2)8-3-9-12;;/h4-7H,3,8-9H2,1-2H3;2*1H4. The van der Waals surface area contributed by atoms with Crippen LogP contribution in [0.2, 0.25) is 0 Å². The Morgan fingerprint density at radius 1 is 1.00 bits per heavy atom. The highest BCUT2D eigenvalue weighted by atomic mass is 14.4. The van der Waals surface area contributed by atoms with Gasteiger partial charge in [-0.05, 0) is 30.7 Å². The Morgan fingerprint density at radius 2 is 1.50 bits per heavy atom. The summed E-state index contributed by atoms with van der Waals surface area (Å²) in [7, 11) is 0. The van der Waals surface area contributed by atoms with Crippen LogP contribution in [0.3, 0.4) is 0 Å². The quantitative estimate of drug-likeness (QED) is 0.604. The van der Waals surface area contributed by atoms with Crippen molar-refractivity contribution in [2.24, 2.45) is 0 Å². The molecule has 1 saturated carbocycles. The fraction of sp³-hybridized carbons (Fsp3) is 0.571. The lowest BCUT2D eigenvalue weighted by atomic mass is 9.66. The van der Waals surface area contributed by atoms with Crippen LogP contribution >= 0.6 is 0 Å². The summed E-state index contributed by atoms with van der Waals surface area (Å²) in [5.74, 6) is 0. The van der Waals surface area contributed by atoms with E-state index >= 15 is 0 Å². The van der Waals surface area contributed by atoms with E-state index < -0.39 is 0 Å². The molecule has 0 amide bonds. The first-order valence-electron chi connectivity index (χ1n) is 4.78. The topological polar surface area (TPSA) is 0 Å². The molecule has 2 rings (SSSR count). The first kappa shape index (κ1) is 13.2. The van der Waals surface area contributed by atoms with Crippen LogP contribution in [0.25, 0.3) is 0 Å². The van der Waals surface area contributed by atoms with Gasteiger partial charge in [0.25, 0.3) is 0 Å². The molecular weight excluding hydrogens is 168 g/mol. The van der Waals surface area contributed by atoms with Crippen molar-refractivity contribution >= 4 is 0 Å². The molecule has 1 aliphatic carbocycles. The highest BCUT2D eigenvalue weighted by Gasteiger charge is 2.32. The summed E-state index contributed by atoms with van der Waals surface area (Å²) < 4.78 is 0. The molecule has 0 atom stereocenters. The number of aryl methyl sites for hydroxylation is 1. The van der Waals surface area contributed by atoms with Gasteiger partial charge < -0.3 is 0 Å². The van der Waals surface area contributed by atoms with Gasteiger partial charge in [0.2, 0.25) is 0 Å². The smallest absolute Gasteiger partial charge is 0.00752 e. The van der Waals surface area contributed by atoms with Crippen molar-refractivity contribution < 1.29 is 0 Å². The Bertz CT molecular complexity index is 265. The lowest BCUT2D eigenvalue weighted by molar-refractivity contribution is 0.272. The first-order valence-corrected chi connectivity index (χ1v) is 4.78. The molecule has 0 aromatic heterocycles. The van der Waals surface area contributed by atoms with Gasteiger partial charge in [0.15, 0.2) is 0 Å². The normalized spacial score (nSPS) is 17.3. The highest BCUT2D eigenvalue weighted by molar-refractivity contribution is 5.29.